The number of amides is 2. The molecule has 3 aromatic carbocycles. The summed E-state index contributed by atoms with van der Waals surface area (Å²) in [6.07, 6.45) is -0.452. The molecule has 0 radical (unpaired) electrons. The van der Waals surface area contributed by atoms with E-state index in [4.69, 9.17) is 9.47 Å². The van der Waals surface area contributed by atoms with E-state index in [0.29, 0.717) is 11.4 Å². The molecule has 1 heterocycles. The van der Waals surface area contributed by atoms with Crippen molar-refractivity contribution < 1.29 is 32.6 Å². The zero-order chi connectivity index (χ0) is 30.4. The summed E-state index contributed by atoms with van der Waals surface area (Å²) in [7, 11) is -0.853. The molecular weight excluding hydrogens is 558 g/mol. The van der Waals surface area contributed by atoms with Gasteiger partial charge < -0.3 is 24.8 Å². The Balaban J connectivity index is 1.61. The maximum atomic E-state index is 13.7. The van der Waals surface area contributed by atoms with E-state index in [1.54, 1.807) is 42.2 Å². The number of hydrogen-bond donors (Lipinski definition) is 2. The van der Waals surface area contributed by atoms with Crippen LogP contribution in [0.2, 0.25) is 0 Å². The lowest BCUT2D eigenvalue weighted by atomic mass is 9.99. The first-order valence-corrected chi connectivity index (χ1v) is 15.1. The fourth-order valence-corrected chi connectivity index (χ4v) is 5.97. The molecule has 2 amide bonds. The molecule has 10 nitrogen and oxygen atoms in total. The molecule has 0 unspecified atom stereocenters. The summed E-state index contributed by atoms with van der Waals surface area (Å²) < 4.78 is 39.4. The molecule has 1 aliphatic rings. The lowest BCUT2D eigenvalue weighted by molar-refractivity contribution is -0.115. The molecule has 0 aliphatic carbocycles. The predicted molar refractivity (Wildman–Crippen MR) is 159 cm³/mol. The largest absolute Gasteiger partial charge is 0.497 e. The number of aliphatic hydroxyl groups is 1. The zero-order valence-electron chi connectivity index (χ0n) is 24.2. The van der Waals surface area contributed by atoms with Crippen LogP contribution in [0.5, 0.6) is 11.5 Å². The Bertz CT molecular complexity index is 1500. The fourth-order valence-electron chi connectivity index (χ4n) is 4.78. The SMILES string of the molecule is COc1ccc(S(=O)(=O)N(C)C[C@H]2Oc3ccc(NC(=O)Cc4ccccc4)cc3C(=O)N([C@H](C)CO)C[C@@H]2C)cc1. The number of nitrogens with zero attached hydrogens (tertiary/aromatic N) is 2. The molecule has 3 atom stereocenters. The minimum absolute atomic E-state index is 0.0140. The van der Waals surface area contributed by atoms with Crippen LogP contribution in [-0.4, -0.2) is 80.5 Å². The van der Waals surface area contributed by atoms with Gasteiger partial charge in [-0.3, -0.25) is 9.59 Å². The normalized spacial score (nSPS) is 18.0. The summed E-state index contributed by atoms with van der Waals surface area (Å²) in [4.78, 5) is 28.1. The predicted octanol–water partition coefficient (Wildman–Crippen LogP) is 3.42. The van der Waals surface area contributed by atoms with Crippen molar-refractivity contribution in [2.24, 2.45) is 5.92 Å². The Kier molecular flexibility index (Phi) is 9.87. The minimum atomic E-state index is -3.85. The molecule has 0 spiro atoms. The molecule has 2 N–H and O–H groups in total. The third-order valence-electron chi connectivity index (χ3n) is 7.36. The minimum Gasteiger partial charge on any atom is -0.497 e. The highest BCUT2D eigenvalue weighted by molar-refractivity contribution is 7.89. The maximum absolute atomic E-state index is 13.7. The maximum Gasteiger partial charge on any atom is 0.258 e. The number of rotatable bonds is 10. The van der Waals surface area contributed by atoms with Crippen molar-refractivity contribution in [3.05, 3.63) is 83.9 Å². The molecule has 1 aliphatic heterocycles. The van der Waals surface area contributed by atoms with Crippen molar-refractivity contribution in [3.8, 4) is 11.5 Å². The van der Waals surface area contributed by atoms with Crippen molar-refractivity contribution >= 4 is 27.5 Å². The van der Waals surface area contributed by atoms with E-state index in [2.05, 4.69) is 5.32 Å². The van der Waals surface area contributed by atoms with Gasteiger partial charge in [0.05, 0.1) is 43.2 Å². The van der Waals surface area contributed by atoms with Crippen LogP contribution < -0.4 is 14.8 Å². The highest BCUT2D eigenvalue weighted by Crippen LogP contribution is 2.31. The second-order valence-corrected chi connectivity index (χ2v) is 12.6. The number of benzene rings is 3. The summed E-state index contributed by atoms with van der Waals surface area (Å²) >= 11 is 0. The first-order valence-electron chi connectivity index (χ1n) is 13.7. The van der Waals surface area contributed by atoms with Crippen LogP contribution in [0, 0.1) is 5.92 Å². The van der Waals surface area contributed by atoms with Gasteiger partial charge in [0.15, 0.2) is 0 Å². The summed E-state index contributed by atoms with van der Waals surface area (Å²) in [6, 6.07) is 19.8. The van der Waals surface area contributed by atoms with Crippen molar-refractivity contribution in [1.82, 2.24) is 9.21 Å². The van der Waals surface area contributed by atoms with E-state index < -0.39 is 22.2 Å². The molecular formula is C31H37N3O7S. The first kappa shape index (κ1) is 31.0. The average molecular weight is 596 g/mol. The highest BCUT2D eigenvalue weighted by atomic mass is 32.2. The van der Waals surface area contributed by atoms with Gasteiger partial charge in [-0.1, -0.05) is 37.3 Å². The average Bonchev–Trinajstić information content (AvgIpc) is 2.99. The van der Waals surface area contributed by atoms with Gasteiger partial charge in [0.2, 0.25) is 15.9 Å². The van der Waals surface area contributed by atoms with Gasteiger partial charge in [0.1, 0.15) is 17.6 Å². The number of methoxy groups -OCH3 is 1. The number of fused-ring (bicyclic) bond motifs is 1. The van der Waals surface area contributed by atoms with Crippen molar-refractivity contribution in [2.75, 3.05) is 39.2 Å². The number of nitrogens with one attached hydrogen (secondary N) is 1. The number of likely N-dealkylation sites (N-methyl/N-ethyl adjacent to an activating group) is 1. The number of carbonyl (C=O) groups is 2. The van der Waals surface area contributed by atoms with Gasteiger partial charge in [-0.05, 0) is 55.0 Å². The first-order chi connectivity index (χ1) is 20.0. The number of sulfonamides is 1. The summed E-state index contributed by atoms with van der Waals surface area (Å²) in [5.41, 5.74) is 1.49. The van der Waals surface area contributed by atoms with Gasteiger partial charge in [0.25, 0.3) is 5.91 Å². The summed E-state index contributed by atoms with van der Waals surface area (Å²) in [5.74, 6) is -0.0607. The molecule has 0 aromatic heterocycles. The van der Waals surface area contributed by atoms with Crippen LogP contribution in [0.1, 0.15) is 29.8 Å². The monoisotopic (exact) mass is 595 g/mol. The van der Waals surface area contributed by atoms with Gasteiger partial charge in [0, 0.05) is 25.2 Å². The standard InChI is InChI=1S/C31H37N3O7S/c1-21-18-34(22(2)20-35)31(37)27-17-24(32-30(36)16-23-8-6-5-7-9-23)10-15-28(27)41-29(21)19-33(3)42(38,39)26-13-11-25(40-4)12-14-26/h5-15,17,21-22,29,35H,16,18-20H2,1-4H3,(H,32,36)/t21-,22+,29+/m0/s1. The Hall–Kier alpha value is -3.93. The second-order valence-electron chi connectivity index (χ2n) is 10.5. The zero-order valence-corrected chi connectivity index (χ0v) is 25.0. The number of carbonyl (C=O) groups excluding carboxylic acids is 2. The fraction of sp³-hybridized carbons (Fsp3) is 0.355. The lowest BCUT2D eigenvalue weighted by Crippen LogP contribution is -2.50. The number of hydrogen-bond acceptors (Lipinski definition) is 7. The number of aliphatic hydroxyl groups excluding tert-OH is 1. The Labute approximate surface area is 246 Å². The van der Waals surface area contributed by atoms with Crippen LogP contribution in [0.25, 0.3) is 0 Å². The summed E-state index contributed by atoms with van der Waals surface area (Å²) in [5, 5.41) is 12.8. The molecule has 4 rings (SSSR count). The molecule has 0 saturated heterocycles. The smallest absolute Gasteiger partial charge is 0.258 e. The van der Waals surface area contributed by atoms with E-state index in [0.717, 1.165) is 5.56 Å². The third-order valence-corrected chi connectivity index (χ3v) is 9.20. The molecule has 3 aromatic rings. The highest BCUT2D eigenvalue weighted by Gasteiger charge is 2.35. The quantitative estimate of drug-likeness (QED) is 0.368. The van der Waals surface area contributed by atoms with Crippen molar-refractivity contribution in [2.45, 2.75) is 37.3 Å². The Morgan fingerprint density at radius 2 is 1.83 bits per heavy atom. The molecule has 224 valence electrons. The number of ether oxygens (including phenoxy) is 2. The van der Waals surface area contributed by atoms with Crippen LogP contribution in [0.3, 0.4) is 0 Å². The van der Waals surface area contributed by atoms with Crippen LogP contribution >= 0.6 is 0 Å². The van der Waals surface area contributed by atoms with E-state index in [1.807, 2.05) is 37.3 Å². The van der Waals surface area contributed by atoms with Gasteiger partial charge >= 0.3 is 0 Å². The van der Waals surface area contributed by atoms with Gasteiger partial charge in [-0.25, -0.2) is 8.42 Å². The van der Waals surface area contributed by atoms with Crippen molar-refractivity contribution in [3.63, 3.8) is 0 Å². The third kappa shape index (κ3) is 7.10. The van der Waals surface area contributed by atoms with E-state index >= 15 is 0 Å². The topological polar surface area (TPSA) is 125 Å². The van der Waals surface area contributed by atoms with Crippen LogP contribution in [-0.2, 0) is 21.2 Å². The molecule has 0 fully saturated rings. The summed E-state index contributed by atoms with van der Waals surface area (Å²) in [6.45, 7) is 3.61. The number of anilines is 1. The molecule has 0 bridgehead atoms. The van der Waals surface area contributed by atoms with E-state index in [1.165, 1.54) is 30.6 Å². The van der Waals surface area contributed by atoms with E-state index in [-0.39, 0.29) is 60.1 Å². The Morgan fingerprint density at radius 3 is 2.48 bits per heavy atom. The molecule has 0 saturated carbocycles. The molecule has 42 heavy (non-hydrogen) atoms. The van der Waals surface area contributed by atoms with Gasteiger partial charge in [-0.2, -0.15) is 4.31 Å². The molecule has 11 heteroatoms. The van der Waals surface area contributed by atoms with Gasteiger partial charge in [-0.15, -0.1) is 0 Å². The van der Waals surface area contributed by atoms with Crippen LogP contribution in [0.4, 0.5) is 5.69 Å². The Morgan fingerprint density at radius 1 is 1.14 bits per heavy atom. The van der Waals surface area contributed by atoms with E-state index in [9.17, 15) is 23.1 Å². The van der Waals surface area contributed by atoms with Crippen LogP contribution in [0.15, 0.2) is 77.7 Å². The second kappa shape index (κ2) is 13.4. The lowest BCUT2D eigenvalue weighted by Gasteiger charge is -2.38. The van der Waals surface area contributed by atoms with Crippen molar-refractivity contribution in [1.29, 1.82) is 0 Å².